The number of para-hydroxylation sites is 3. The number of nitrogens with one attached hydrogen (secondary N) is 1. The van der Waals surface area contributed by atoms with Crippen LogP contribution in [0.15, 0.2) is 71.1 Å². The molecule has 5 nitrogen and oxygen atoms in total. The molecule has 0 spiro atoms. The highest BCUT2D eigenvalue weighted by Gasteiger charge is 2.17. The Balaban J connectivity index is 1.73. The molecule has 0 aliphatic heterocycles. The van der Waals surface area contributed by atoms with Gasteiger partial charge in [-0.05, 0) is 42.8 Å². The molecule has 0 bridgehead atoms. The average Bonchev–Trinajstić information content (AvgIpc) is 3.14. The van der Waals surface area contributed by atoms with Crippen LogP contribution >= 0.6 is 0 Å². The number of ether oxygens (including phenoxy) is 1. The molecule has 27 heavy (non-hydrogen) atoms. The van der Waals surface area contributed by atoms with E-state index >= 15 is 0 Å². The van der Waals surface area contributed by atoms with E-state index in [0.717, 1.165) is 22.2 Å². The van der Waals surface area contributed by atoms with Gasteiger partial charge in [0.2, 0.25) is 5.89 Å². The molecule has 0 saturated heterocycles. The molecular formula is C22H18N2O3. The molecule has 4 rings (SSSR count). The van der Waals surface area contributed by atoms with E-state index in [9.17, 15) is 4.79 Å². The smallest absolute Gasteiger partial charge is 0.259 e. The second kappa shape index (κ2) is 6.96. The third kappa shape index (κ3) is 3.15. The molecule has 134 valence electrons. The SMILES string of the molecule is COc1ccccc1C(=O)Nc1ccccc1-c1nc2c(C)cccc2o1. The van der Waals surface area contributed by atoms with Gasteiger partial charge in [-0.25, -0.2) is 4.98 Å². The summed E-state index contributed by atoms with van der Waals surface area (Å²) in [6.45, 7) is 1.99. The van der Waals surface area contributed by atoms with Crippen molar-refractivity contribution < 1.29 is 13.9 Å². The second-order valence-electron chi connectivity index (χ2n) is 6.14. The van der Waals surface area contributed by atoms with Gasteiger partial charge >= 0.3 is 0 Å². The van der Waals surface area contributed by atoms with Crippen molar-refractivity contribution in [3.63, 3.8) is 0 Å². The number of rotatable bonds is 4. The van der Waals surface area contributed by atoms with Crippen LogP contribution in [-0.2, 0) is 0 Å². The zero-order valence-electron chi connectivity index (χ0n) is 15.0. The van der Waals surface area contributed by atoms with E-state index in [0.29, 0.717) is 22.9 Å². The van der Waals surface area contributed by atoms with Gasteiger partial charge in [0, 0.05) is 0 Å². The molecule has 1 amide bonds. The third-order valence-corrected chi connectivity index (χ3v) is 4.38. The number of carbonyl (C=O) groups excluding carboxylic acids is 1. The van der Waals surface area contributed by atoms with Crippen molar-refractivity contribution in [2.24, 2.45) is 0 Å². The summed E-state index contributed by atoms with van der Waals surface area (Å²) in [5.74, 6) is 0.729. The summed E-state index contributed by atoms with van der Waals surface area (Å²) < 4.78 is 11.2. The minimum Gasteiger partial charge on any atom is -0.496 e. The molecule has 0 aliphatic rings. The van der Waals surface area contributed by atoms with E-state index < -0.39 is 0 Å². The monoisotopic (exact) mass is 358 g/mol. The van der Waals surface area contributed by atoms with Gasteiger partial charge in [0.1, 0.15) is 11.3 Å². The molecule has 0 aliphatic carbocycles. The first-order chi connectivity index (χ1) is 13.2. The first kappa shape index (κ1) is 16.8. The fourth-order valence-corrected chi connectivity index (χ4v) is 3.00. The molecule has 0 atom stereocenters. The number of methoxy groups -OCH3 is 1. The van der Waals surface area contributed by atoms with Gasteiger partial charge < -0.3 is 14.5 Å². The predicted octanol–water partition coefficient (Wildman–Crippen LogP) is 5.06. The molecule has 0 unspecified atom stereocenters. The van der Waals surface area contributed by atoms with Crippen LogP contribution < -0.4 is 10.1 Å². The van der Waals surface area contributed by atoms with Crippen LogP contribution in [0.1, 0.15) is 15.9 Å². The van der Waals surface area contributed by atoms with E-state index in [-0.39, 0.29) is 5.91 Å². The number of nitrogens with zero attached hydrogens (tertiary/aromatic N) is 1. The maximum absolute atomic E-state index is 12.8. The maximum Gasteiger partial charge on any atom is 0.259 e. The Labute approximate surface area is 156 Å². The first-order valence-electron chi connectivity index (χ1n) is 8.57. The van der Waals surface area contributed by atoms with E-state index in [4.69, 9.17) is 9.15 Å². The number of fused-ring (bicyclic) bond motifs is 1. The zero-order valence-corrected chi connectivity index (χ0v) is 15.0. The molecule has 1 aromatic heterocycles. The summed E-state index contributed by atoms with van der Waals surface area (Å²) in [5.41, 5.74) is 4.38. The molecule has 1 N–H and O–H groups in total. The van der Waals surface area contributed by atoms with E-state index in [1.807, 2.05) is 55.5 Å². The van der Waals surface area contributed by atoms with Gasteiger partial charge in [-0.1, -0.05) is 36.4 Å². The minimum atomic E-state index is -0.257. The lowest BCUT2D eigenvalue weighted by atomic mass is 10.1. The molecule has 3 aromatic carbocycles. The standard InChI is InChI=1S/C22H18N2O3/c1-14-8-7-13-19-20(14)24-22(27-19)15-9-3-5-11-17(15)23-21(25)16-10-4-6-12-18(16)26-2/h3-13H,1-2H3,(H,23,25). The van der Waals surface area contributed by atoms with Gasteiger partial charge in [-0.2, -0.15) is 0 Å². The summed E-state index contributed by atoms with van der Waals surface area (Å²) >= 11 is 0. The minimum absolute atomic E-state index is 0.257. The van der Waals surface area contributed by atoms with Crippen LogP contribution in [0.4, 0.5) is 5.69 Å². The molecule has 0 saturated carbocycles. The van der Waals surface area contributed by atoms with Crippen LogP contribution in [-0.4, -0.2) is 18.0 Å². The Morgan fingerprint density at radius 2 is 1.78 bits per heavy atom. The number of benzene rings is 3. The largest absolute Gasteiger partial charge is 0.496 e. The van der Waals surface area contributed by atoms with Crippen LogP contribution in [0.2, 0.25) is 0 Å². The van der Waals surface area contributed by atoms with Crippen molar-refractivity contribution in [2.45, 2.75) is 6.92 Å². The Hall–Kier alpha value is -3.60. The van der Waals surface area contributed by atoms with E-state index in [2.05, 4.69) is 10.3 Å². The molecule has 1 heterocycles. The van der Waals surface area contributed by atoms with Crippen molar-refractivity contribution >= 4 is 22.7 Å². The number of carbonyl (C=O) groups is 1. The van der Waals surface area contributed by atoms with Gasteiger partial charge in [0.05, 0.1) is 23.9 Å². The summed E-state index contributed by atoms with van der Waals surface area (Å²) in [7, 11) is 1.54. The van der Waals surface area contributed by atoms with E-state index in [1.54, 1.807) is 25.3 Å². The van der Waals surface area contributed by atoms with Gasteiger partial charge in [-0.3, -0.25) is 4.79 Å². The van der Waals surface area contributed by atoms with Gasteiger partial charge in [-0.15, -0.1) is 0 Å². The van der Waals surface area contributed by atoms with Crippen molar-refractivity contribution in [1.82, 2.24) is 4.98 Å². The van der Waals surface area contributed by atoms with Crippen LogP contribution in [0.3, 0.4) is 0 Å². The fourth-order valence-electron chi connectivity index (χ4n) is 3.00. The lowest BCUT2D eigenvalue weighted by Gasteiger charge is -2.11. The number of oxazole rings is 1. The number of hydrogen-bond donors (Lipinski definition) is 1. The Morgan fingerprint density at radius 1 is 1.00 bits per heavy atom. The maximum atomic E-state index is 12.8. The molecule has 0 fully saturated rings. The number of amides is 1. The van der Waals surface area contributed by atoms with Gasteiger partial charge in [0.15, 0.2) is 5.58 Å². The fraction of sp³-hybridized carbons (Fsp3) is 0.0909. The summed E-state index contributed by atoms with van der Waals surface area (Å²) in [6.07, 6.45) is 0. The molecule has 0 radical (unpaired) electrons. The van der Waals surface area contributed by atoms with E-state index in [1.165, 1.54) is 0 Å². The normalized spacial score (nSPS) is 10.7. The zero-order chi connectivity index (χ0) is 18.8. The third-order valence-electron chi connectivity index (χ3n) is 4.38. The predicted molar refractivity (Wildman–Crippen MR) is 105 cm³/mol. The highest BCUT2D eigenvalue weighted by atomic mass is 16.5. The first-order valence-corrected chi connectivity index (χ1v) is 8.57. The van der Waals surface area contributed by atoms with Crippen molar-refractivity contribution in [3.8, 4) is 17.2 Å². The summed E-state index contributed by atoms with van der Waals surface area (Å²) in [6, 6.07) is 20.3. The number of aryl methyl sites for hydroxylation is 1. The Morgan fingerprint density at radius 3 is 2.59 bits per heavy atom. The summed E-state index contributed by atoms with van der Waals surface area (Å²) in [4.78, 5) is 17.4. The number of aromatic nitrogens is 1. The van der Waals surface area contributed by atoms with Gasteiger partial charge in [0.25, 0.3) is 5.91 Å². The van der Waals surface area contributed by atoms with Crippen molar-refractivity contribution in [1.29, 1.82) is 0 Å². The molecule has 5 heteroatoms. The van der Waals surface area contributed by atoms with Crippen molar-refractivity contribution in [3.05, 3.63) is 77.9 Å². The van der Waals surface area contributed by atoms with Crippen LogP contribution in [0, 0.1) is 6.92 Å². The lowest BCUT2D eigenvalue weighted by molar-refractivity contribution is 0.102. The highest BCUT2D eigenvalue weighted by molar-refractivity contribution is 6.07. The molecular weight excluding hydrogens is 340 g/mol. The van der Waals surface area contributed by atoms with Crippen LogP contribution in [0.5, 0.6) is 5.75 Å². The van der Waals surface area contributed by atoms with Crippen LogP contribution in [0.25, 0.3) is 22.6 Å². The Kier molecular flexibility index (Phi) is 4.34. The number of anilines is 1. The summed E-state index contributed by atoms with van der Waals surface area (Å²) in [5, 5.41) is 2.94. The topological polar surface area (TPSA) is 64.4 Å². The average molecular weight is 358 g/mol. The highest BCUT2D eigenvalue weighted by Crippen LogP contribution is 2.31. The lowest BCUT2D eigenvalue weighted by Crippen LogP contribution is -2.13. The quantitative estimate of drug-likeness (QED) is 0.553. The Bertz CT molecular complexity index is 1130. The number of hydrogen-bond acceptors (Lipinski definition) is 4. The second-order valence-corrected chi connectivity index (χ2v) is 6.14. The van der Waals surface area contributed by atoms with Crippen molar-refractivity contribution in [2.75, 3.05) is 12.4 Å². The molecule has 4 aromatic rings.